The molecule has 12 heteroatoms. The lowest BCUT2D eigenvalue weighted by Gasteiger charge is -2.26. The van der Waals surface area contributed by atoms with E-state index in [1.807, 2.05) is 6.92 Å². The number of aliphatic carboxylic acids is 2. The van der Waals surface area contributed by atoms with E-state index >= 15 is 0 Å². The zero-order chi connectivity index (χ0) is 28.7. The van der Waals surface area contributed by atoms with Gasteiger partial charge in [-0.05, 0) is 43.7 Å². The molecule has 9 N–H and O–H groups in total. The molecule has 1 rings (SSSR count). The lowest BCUT2D eigenvalue weighted by atomic mass is 9.98. The highest BCUT2D eigenvalue weighted by Crippen LogP contribution is 2.11. The summed E-state index contributed by atoms with van der Waals surface area (Å²) in [6.45, 7) is 3.90. The quantitative estimate of drug-likeness (QED) is 0.127. The first-order valence-electron chi connectivity index (χ1n) is 12.8. The van der Waals surface area contributed by atoms with E-state index in [-0.39, 0.29) is 31.6 Å². The molecule has 0 heterocycles. The molecule has 38 heavy (non-hydrogen) atoms. The molecule has 0 fully saturated rings. The molecular weight excluding hydrogens is 494 g/mol. The summed E-state index contributed by atoms with van der Waals surface area (Å²) in [6.07, 6.45) is 1.50. The number of carbonyl (C=O) groups is 5. The molecule has 0 bridgehead atoms. The Morgan fingerprint density at radius 3 is 2.03 bits per heavy atom. The summed E-state index contributed by atoms with van der Waals surface area (Å²) in [5.74, 6) is -4.62. The highest BCUT2D eigenvalue weighted by atomic mass is 16.4. The van der Waals surface area contributed by atoms with Gasteiger partial charge in [-0.25, -0.2) is 4.79 Å². The number of hydrogen-bond acceptors (Lipinski definition) is 7. The third kappa shape index (κ3) is 11.7. The highest BCUT2D eigenvalue weighted by Gasteiger charge is 2.32. The topological polar surface area (TPSA) is 214 Å². The van der Waals surface area contributed by atoms with Crippen LogP contribution in [0.4, 0.5) is 0 Å². The summed E-state index contributed by atoms with van der Waals surface area (Å²) in [5.41, 5.74) is 12.1. The van der Waals surface area contributed by atoms with E-state index in [0.29, 0.717) is 25.8 Å². The lowest BCUT2D eigenvalue weighted by Crippen LogP contribution is -2.58. The lowest BCUT2D eigenvalue weighted by molar-refractivity contribution is -0.144. The molecule has 1 aromatic carbocycles. The van der Waals surface area contributed by atoms with Crippen LogP contribution < -0.4 is 27.4 Å². The SMILES string of the molecule is CCC(C)C(NC(=O)C(CCCCN)NC(=O)C(Cc1ccccc1)NC(=O)C(N)CCC(=O)O)C(=O)O. The Labute approximate surface area is 222 Å². The van der Waals surface area contributed by atoms with E-state index in [2.05, 4.69) is 16.0 Å². The van der Waals surface area contributed by atoms with Gasteiger partial charge in [-0.15, -0.1) is 0 Å². The number of unbranched alkanes of at least 4 members (excludes halogenated alkanes) is 1. The number of benzene rings is 1. The van der Waals surface area contributed by atoms with Crippen LogP contribution in [0.5, 0.6) is 0 Å². The largest absolute Gasteiger partial charge is 0.481 e. The van der Waals surface area contributed by atoms with Gasteiger partial charge in [-0.3, -0.25) is 19.2 Å². The van der Waals surface area contributed by atoms with Crippen LogP contribution in [-0.2, 0) is 30.4 Å². The number of carboxylic acid groups (broad SMARTS) is 2. The molecule has 212 valence electrons. The van der Waals surface area contributed by atoms with Crippen molar-refractivity contribution in [2.45, 2.75) is 83.0 Å². The molecule has 0 saturated heterocycles. The molecule has 0 aromatic heterocycles. The number of nitrogens with two attached hydrogens (primary N) is 2. The maximum Gasteiger partial charge on any atom is 0.326 e. The van der Waals surface area contributed by atoms with Gasteiger partial charge in [-0.1, -0.05) is 50.6 Å². The van der Waals surface area contributed by atoms with Crippen molar-refractivity contribution in [3.8, 4) is 0 Å². The van der Waals surface area contributed by atoms with Crippen molar-refractivity contribution in [1.82, 2.24) is 16.0 Å². The van der Waals surface area contributed by atoms with E-state index in [1.54, 1.807) is 37.3 Å². The predicted molar refractivity (Wildman–Crippen MR) is 141 cm³/mol. The minimum absolute atomic E-state index is 0.0891. The van der Waals surface area contributed by atoms with Gasteiger partial charge in [0.25, 0.3) is 0 Å². The van der Waals surface area contributed by atoms with Gasteiger partial charge < -0.3 is 37.6 Å². The first-order valence-corrected chi connectivity index (χ1v) is 12.8. The summed E-state index contributed by atoms with van der Waals surface area (Å²) in [7, 11) is 0. The molecule has 1 aromatic rings. The van der Waals surface area contributed by atoms with Gasteiger partial charge >= 0.3 is 11.9 Å². The van der Waals surface area contributed by atoms with E-state index < -0.39 is 53.8 Å². The van der Waals surface area contributed by atoms with Crippen LogP contribution in [0.3, 0.4) is 0 Å². The normalized spacial score (nSPS) is 14.8. The molecule has 3 amide bonds. The van der Waals surface area contributed by atoms with Crippen LogP contribution in [-0.4, -0.2) is 70.6 Å². The maximum absolute atomic E-state index is 13.3. The Kier molecular flexibility index (Phi) is 14.6. The molecule has 0 aliphatic heterocycles. The van der Waals surface area contributed by atoms with Crippen LogP contribution in [0.15, 0.2) is 30.3 Å². The minimum Gasteiger partial charge on any atom is -0.481 e. The summed E-state index contributed by atoms with van der Waals surface area (Å²) in [5, 5.41) is 26.2. The van der Waals surface area contributed by atoms with Gasteiger partial charge in [0.1, 0.15) is 18.1 Å². The molecule has 0 aliphatic rings. The van der Waals surface area contributed by atoms with Gasteiger partial charge in [0, 0.05) is 12.8 Å². The average Bonchev–Trinajstić information content (AvgIpc) is 2.89. The van der Waals surface area contributed by atoms with Crippen molar-refractivity contribution in [3.63, 3.8) is 0 Å². The van der Waals surface area contributed by atoms with Crippen LogP contribution in [0, 0.1) is 5.92 Å². The van der Waals surface area contributed by atoms with Gasteiger partial charge in [0.15, 0.2) is 0 Å². The van der Waals surface area contributed by atoms with Gasteiger partial charge in [0.2, 0.25) is 17.7 Å². The first kappa shape index (κ1) is 32.5. The van der Waals surface area contributed by atoms with E-state index in [1.165, 1.54) is 0 Å². The number of nitrogens with one attached hydrogen (secondary N) is 3. The first-order chi connectivity index (χ1) is 18.0. The molecule has 5 unspecified atom stereocenters. The fraction of sp³-hybridized carbons (Fsp3) is 0.577. The molecule has 12 nitrogen and oxygen atoms in total. The number of carboxylic acids is 2. The molecule has 0 aliphatic carbocycles. The van der Waals surface area contributed by atoms with Crippen LogP contribution in [0.2, 0.25) is 0 Å². The van der Waals surface area contributed by atoms with Crippen LogP contribution >= 0.6 is 0 Å². The highest BCUT2D eigenvalue weighted by molar-refractivity contribution is 5.94. The second-order valence-electron chi connectivity index (χ2n) is 9.35. The zero-order valence-electron chi connectivity index (χ0n) is 22.0. The molecule has 5 atom stereocenters. The van der Waals surface area contributed by atoms with Crippen molar-refractivity contribution in [3.05, 3.63) is 35.9 Å². The minimum atomic E-state index is -1.18. The molecule has 0 radical (unpaired) electrons. The van der Waals surface area contributed by atoms with Crippen LogP contribution in [0.1, 0.15) is 57.9 Å². The Hall–Kier alpha value is -3.51. The predicted octanol–water partition coefficient (Wildman–Crippen LogP) is 0.135. The monoisotopic (exact) mass is 535 g/mol. The second kappa shape index (κ2) is 17.1. The smallest absolute Gasteiger partial charge is 0.326 e. The van der Waals surface area contributed by atoms with E-state index in [0.717, 1.165) is 5.56 Å². The maximum atomic E-state index is 13.3. The Balaban J connectivity index is 3.11. The van der Waals surface area contributed by atoms with E-state index in [4.69, 9.17) is 16.6 Å². The number of amides is 3. The standard InChI is InChI=1S/C26H41N5O7/c1-3-16(2)22(26(37)38)31-24(35)19(11-7-8-14-27)29-25(36)20(15-17-9-5-4-6-10-17)30-23(34)18(28)12-13-21(32)33/h4-6,9-10,16,18-20,22H,3,7-8,11-15,27-28H2,1-2H3,(H,29,36)(H,30,34)(H,31,35)(H,32,33)(H,37,38). The fourth-order valence-electron chi connectivity index (χ4n) is 3.72. The van der Waals surface area contributed by atoms with E-state index in [9.17, 15) is 29.1 Å². The summed E-state index contributed by atoms with van der Waals surface area (Å²) in [4.78, 5) is 61.6. The number of hydrogen-bond donors (Lipinski definition) is 7. The second-order valence-corrected chi connectivity index (χ2v) is 9.35. The van der Waals surface area contributed by atoms with Crippen molar-refractivity contribution in [2.24, 2.45) is 17.4 Å². The van der Waals surface area contributed by atoms with Crippen molar-refractivity contribution in [1.29, 1.82) is 0 Å². The molecule has 0 spiro atoms. The number of rotatable bonds is 18. The third-order valence-electron chi connectivity index (χ3n) is 6.28. The Morgan fingerprint density at radius 1 is 0.868 bits per heavy atom. The summed E-state index contributed by atoms with van der Waals surface area (Å²) >= 11 is 0. The van der Waals surface area contributed by atoms with Crippen LogP contribution in [0.25, 0.3) is 0 Å². The Bertz CT molecular complexity index is 928. The molecular formula is C26H41N5O7. The van der Waals surface area contributed by atoms with Crippen molar-refractivity contribution >= 4 is 29.7 Å². The summed E-state index contributed by atoms with van der Waals surface area (Å²) < 4.78 is 0. The Morgan fingerprint density at radius 2 is 1.47 bits per heavy atom. The van der Waals surface area contributed by atoms with Gasteiger partial charge in [-0.2, -0.15) is 0 Å². The fourth-order valence-corrected chi connectivity index (χ4v) is 3.72. The van der Waals surface area contributed by atoms with Gasteiger partial charge in [0.05, 0.1) is 6.04 Å². The number of carbonyl (C=O) groups excluding carboxylic acids is 3. The van der Waals surface area contributed by atoms with Crippen molar-refractivity contribution in [2.75, 3.05) is 6.54 Å². The molecule has 0 saturated carbocycles. The average molecular weight is 536 g/mol. The van der Waals surface area contributed by atoms with Crippen molar-refractivity contribution < 1.29 is 34.2 Å². The summed E-state index contributed by atoms with van der Waals surface area (Å²) in [6, 6.07) is 4.43. The zero-order valence-corrected chi connectivity index (χ0v) is 22.0. The third-order valence-corrected chi connectivity index (χ3v) is 6.28.